The molecular formula is C23H17N3O2S. The third-order valence-electron chi connectivity index (χ3n) is 4.86. The summed E-state index contributed by atoms with van der Waals surface area (Å²) in [6.45, 7) is 0. The molecule has 29 heavy (non-hydrogen) atoms. The van der Waals surface area contributed by atoms with Crippen LogP contribution in [-0.4, -0.2) is 18.4 Å². The van der Waals surface area contributed by atoms with Crippen molar-refractivity contribution >= 4 is 37.5 Å². The quantitative estimate of drug-likeness (QED) is 0.437. The first-order chi connectivity index (χ1) is 14.1. The molecule has 4 aromatic carbocycles. The van der Waals surface area contributed by atoms with Crippen LogP contribution in [0.2, 0.25) is 0 Å². The topological polar surface area (TPSA) is 74.8 Å². The Bertz CT molecular complexity index is 1420. The number of anilines is 1. The van der Waals surface area contributed by atoms with Crippen LogP contribution in [0.15, 0.2) is 95.9 Å². The first-order valence-electron chi connectivity index (χ1n) is 9.16. The minimum absolute atomic E-state index is 0.245. The van der Waals surface area contributed by atoms with Gasteiger partial charge in [-0.1, -0.05) is 60.7 Å². The van der Waals surface area contributed by atoms with E-state index in [2.05, 4.69) is 14.7 Å². The zero-order valence-corrected chi connectivity index (χ0v) is 16.1. The van der Waals surface area contributed by atoms with Crippen LogP contribution in [0.4, 0.5) is 5.69 Å². The lowest BCUT2D eigenvalue weighted by Gasteiger charge is -2.13. The molecule has 0 spiro atoms. The van der Waals surface area contributed by atoms with Crippen molar-refractivity contribution < 1.29 is 8.42 Å². The molecule has 5 aromatic rings. The van der Waals surface area contributed by atoms with Gasteiger partial charge in [0.1, 0.15) is 5.82 Å². The smallest absolute Gasteiger partial charge is 0.262 e. The number of aromatic nitrogens is 2. The molecule has 0 aliphatic carbocycles. The molecule has 5 rings (SSSR count). The van der Waals surface area contributed by atoms with Gasteiger partial charge in [0.2, 0.25) is 0 Å². The van der Waals surface area contributed by atoms with Crippen LogP contribution < -0.4 is 4.72 Å². The summed E-state index contributed by atoms with van der Waals surface area (Å²) in [6.07, 6.45) is 0. The van der Waals surface area contributed by atoms with Gasteiger partial charge in [0, 0.05) is 10.9 Å². The number of rotatable bonds is 4. The van der Waals surface area contributed by atoms with Crippen molar-refractivity contribution in [1.82, 2.24) is 9.97 Å². The summed E-state index contributed by atoms with van der Waals surface area (Å²) in [4.78, 5) is 8.11. The van der Waals surface area contributed by atoms with Crippen molar-refractivity contribution in [1.29, 1.82) is 0 Å². The van der Waals surface area contributed by atoms with Crippen LogP contribution in [0.1, 0.15) is 0 Å². The Morgan fingerprint density at radius 3 is 2.38 bits per heavy atom. The SMILES string of the molecule is O=S(=O)(Nc1ccccc1-c1nc2ccccc2[nH]1)c1cccc2ccccc12. The Hall–Kier alpha value is -3.64. The van der Waals surface area contributed by atoms with Crippen molar-refractivity contribution in [2.45, 2.75) is 4.90 Å². The van der Waals surface area contributed by atoms with Gasteiger partial charge in [0.15, 0.2) is 0 Å². The molecular weight excluding hydrogens is 382 g/mol. The zero-order chi connectivity index (χ0) is 19.8. The number of hydrogen-bond acceptors (Lipinski definition) is 3. The summed E-state index contributed by atoms with van der Waals surface area (Å²) in [5, 5.41) is 1.56. The predicted octanol–water partition coefficient (Wildman–Crippen LogP) is 5.18. The van der Waals surface area contributed by atoms with Crippen molar-refractivity contribution in [3.63, 3.8) is 0 Å². The third kappa shape index (κ3) is 3.13. The van der Waals surface area contributed by atoms with Crippen LogP contribution >= 0.6 is 0 Å². The monoisotopic (exact) mass is 399 g/mol. The molecule has 0 saturated carbocycles. The van der Waals surface area contributed by atoms with Gasteiger partial charge in [-0.2, -0.15) is 0 Å². The van der Waals surface area contributed by atoms with Crippen molar-refractivity contribution in [2.75, 3.05) is 4.72 Å². The van der Waals surface area contributed by atoms with E-state index >= 15 is 0 Å². The Balaban J connectivity index is 1.60. The first-order valence-corrected chi connectivity index (χ1v) is 10.6. The molecule has 1 heterocycles. The molecule has 0 fully saturated rings. The molecule has 6 heteroatoms. The number of hydrogen-bond donors (Lipinski definition) is 2. The first kappa shape index (κ1) is 17.5. The Labute approximate surface area is 168 Å². The number of H-pyrrole nitrogens is 1. The fourth-order valence-electron chi connectivity index (χ4n) is 3.49. The Morgan fingerprint density at radius 1 is 0.759 bits per heavy atom. The van der Waals surface area contributed by atoms with Crippen LogP contribution in [0.3, 0.4) is 0 Å². The summed E-state index contributed by atoms with van der Waals surface area (Å²) in [6, 6.07) is 27.7. The van der Waals surface area contributed by atoms with Gasteiger partial charge in [-0.15, -0.1) is 0 Å². The highest BCUT2D eigenvalue weighted by molar-refractivity contribution is 7.93. The number of benzene rings is 4. The molecule has 0 saturated heterocycles. The van der Waals surface area contributed by atoms with Gasteiger partial charge in [-0.05, 0) is 35.7 Å². The molecule has 0 atom stereocenters. The number of nitrogens with one attached hydrogen (secondary N) is 2. The fourth-order valence-corrected chi connectivity index (χ4v) is 4.80. The maximum atomic E-state index is 13.2. The van der Waals surface area contributed by atoms with Crippen LogP contribution in [0.5, 0.6) is 0 Å². The van der Waals surface area contributed by atoms with Crippen LogP contribution in [-0.2, 0) is 10.0 Å². The lowest BCUT2D eigenvalue weighted by atomic mass is 10.1. The average Bonchev–Trinajstić information content (AvgIpc) is 3.17. The normalized spacial score (nSPS) is 11.7. The predicted molar refractivity (Wildman–Crippen MR) is 116 cm³/mol. The molecule has 1 aromatic heterocycles. The molecule has 142 valence electrons. The zero-order valence-electron chi connectivity index (χ0n) is 15.3. The number of sulfonamides is 1. The highest BCUT2D eigenvalue weighted by atomic mass is 32.2. The highest BCUT2D eigenvalue weighted by Gasteiger charge is 2.20. The largest absolute Gasteiger partial charge is 0.338 e. The molecule has 5 nitrogen and oxygen atoms in total. The van der Waals surface area contributed by atoms with Gasteiger partial charge in [-0.3, -0.25) is 4.72 Å². The summed E-state index contributed by atoms with van der Waals surface area (Å²) in [5.74, 6) is 0.613. The van der Waals surface area contributed by atoms with Gasteiger partial charge >= 0.3 is 0 Å². The van der Waals surface area contributed by atoms with Gasteiger partial charge < -0.3 is 4.98 Å². The molecule has 2 N–H and O–H groups in total. The van der Waals surface area contributed by atoms with Gasteiger partial charge in [0.05, 0.1) is 21.6 Å². The maximum Gasteiger partial charge on any atom is 0.262 e. The minimum Gasteiger partial charge on any atom is -0.338 e. The van der Waals surface area contributed by atoms with E-state index in [-0.39, 0.29) is 4.90 Å². The number of imidazole rings is 1. The number of fused-ring (bicyclic) bond motifs is 2. The lowest BCUT2D eigenvalue weighted by Crippen LogP contribution is -2.14. The second-order valence-electron chi connectivity index (χ2n) is 6.73. The van der Waals surface area contributed by atoms with Gasteiger partial charge in [0.25, 0.3) is 10.0 Å². The molecule has 0 bridgehead atoms. The van der Waals surface area contributed by atoms with E-state index in [1.807, 2.05) is 66.7 Å². The Morgan fingerprint density at radius 2 is 1.48 bits per heavy atom. The number of nitrogens with zero attached hydrogens (tertiary/aromatic N) is 1. The van der Waals surface area contributed by atoms with E-state index in [4.69, 9.17) is 0 Å². The van der Waals surface area contributed by atoms with Crippen LogP contribution in [0.25, 0.3) is 33.2 Å². The van der Waals surface area contributed by atoms with E-state index in [1.54, 1.807) is 24.3 Å². The second kappa shape index (κ2) is 6.76. The van der Waals surface area contributed by atoms with E-state index in [9.17, 15) is 8.42 Å². The highest BCUT2D eigenvalue weighted by Crippen LogP contribution is 2.31. The van der Waals surface area contributed by atoms with E-state index in [0.29, 0.717) is 22.5 Å². The van der Waals surface area contributed by atoms with Gasteiger partial charge in [-0.25, -0.2) is 13.4 Å². The van der Waals surface area contributed by atoms with Crippen molar-refractivity contribution in [3.8, 4) is 11.4 Å². The molecule has 0 radical (unpaired) electrons. The number of para-hydroxylation sites is 3. The van der Waals surface area contributed by atoms with E-state index in [0.717, 1.165) is 16.4 Å². The molecule has 0 aliphatic rings. The van der Waals surface area contributed by atoms with E-state index < -0.39 is 10.0 Å². The third-order valence-corrected chi connectivity index (χ3v) is 6.28. The Kier molecular flexibility index (Phi) is 4.07. The summed E-state index contributed by atoms with van der Waals surface area (Å²) < 4.78 is 29.2. The molecule has 0 amide bonds. The average molecular weight is 399 g/mol. The fraction of sp³-hybridized carbons (Fsp3) is 0. The number of aromatic amines is 1. The van der Waals surface area contributed by atoms with Crippen molar-refractivity contribution in [2.24, 2.45) is 0 Å². The molecule has 0 unspecified atom stereocenters. The summed E-state index contributed by atoms with van der Waals surface area (Å²) >= 11 is 0. The summed E-state index contributed by atoms with van der Waals surface area (Å²) in [5.41, 5.74) is 2.88. The lowest BCUT2D eigenvalue weighted by molar-refractivity contribution is 0.602. The van der Waals surface area contributed by atoms with Crippen LogP contribution in [0, 0.1) is 0 Å². The standard InChI is InChI=1S/C23H17N3O2S/c27-29(28,22-15-7-9-16-8-1-2-10-17(16)22)26-19-12-4-3-11-18(19)23-24-20-13-5-6-14-21(20)25-23/h1-15,26H,(H,24,25). The summed E-state index contributed by atoms with van der Waals surface area (Å²) in [7, 11) is -3.79. The molecule has 0 aliphatic heterocycles. The minimum atomic E-state index is -3.79. The second-order valence-corrected chi connectivity index (χ2v) is 8.38. The van der Waals surface area contributed by atoms with Crippen molar-refractivity contribution in [3.05, 3.63) is 91.0 Å². The van der Waals surface area contributed by atoms with E-state index in [1.165, 1.54) is 0 Å². The maximum absolute atomic E-state index is 13.2.